The molecule has 1 heterocycles. The van der Waals surface area contributed by atoms with Gasteiger partial charge in [-0.25, -0.2) is 4.99 Å². The molecule has 158 valence electrons. The molecule has 0 aliphatic carbocycles. The zero-order valence-electron chi connectivity index (χ0n) is 16.7. The van der Waals surface area contributed by atoms with Crippen molar-refractivity contribution in [2.45, 2.75) is 32.5 Å². The Morgan fingerprint density at radius 1 is 1.25 bits per heavy atom. The number of rotatable bonds is 8. The van der Waals surface area contributed by atoms with Gasteiger partial charge in [-0.3, -0.25) is 0 Å². The van der Waals surface area contributed by atoms with E-state index in [0.717, 1.165) is 57.8 Å². The smallest absolute Gasteiger partial charge is 0.383 e. The number of likely N-dealkylation sites (tertiary alicyclic amines) is 1. The normalized spacial score (nSPS) is 17.0. The van der Waals surface area contributed by atoms with Gasteiger partial charge in [0, 0.05) is 26.7 Å². The SMILES string of the molecule is CCNC(=NCc1cccc(C(F)(F)F)c1)NCC1CCN(CCOC)CC1. The Kier molecular flexibility index (Phi) is 9.05. The number of nitrogens with one attached hydrogen (secondary N) is 2. The average molecular weight is 400 g/mol. The Bertz CT molecular complexity index is 614. The fourth-order valence-electron chi connectivity index (χ4n) is 3.23. The van der Waals surface area contributed by atoms with E-state index < -0.39 is 11.7 Å². The van der Waals surface area contributed by atoms with Crippen LogP contribution in [-0.4, -0.2) is 57.3 Å². The molecule has 5 nitrogen and oxygen atoms in total. The molecular weight excluding hydrogens is 369 g/mol. The van der Waals surface area contributed by atoms with Gasteiger partial charge in [0.2, 0.25) is 0 Å². The molecule has 0 radical (unpaired) electrons. The Labute approximate surface area is 165 Å². The minimum Gasteiger partial charge on any atom is -0.383 e. The van der Waals surface area contributed by atoms with Crippen molar-refractivity contribution in [3.63, 3.8) is 0 Å². The summed E-state index contributed by atoms with van der Waals surface area (Å²) in [5.41, 5.74) is -0.100. The number of aliphatic imine (C=N–C) groups is 1. The number of halogens is 3. The number of methoxy groups -OCH3 is 1. The van der Waals surface area contributed by atoms with Gasteiger partial charge in [0.05, 0.1) is 18.7 Å². The molecule has 1 aliphatic heterocycles. The Morgan fingerprint density at radius 2 is 2.00 bits per heavy atom. The number of hydrogen-bond acceptors (Lipinski definition) is 3. The summed E-state index contributed by atoms with van der Waals surface area (Å²) < 4.78 is 43.6. The third-order valence-electron chi connectivity index (χ3n) is 4.90. The largest absolute Gasteiger partial charge is 0.416 e. The van der Waals surface area contributed by atoms with Crippen LogP contribution in [0.4, 0.5) is 13.2 Å². The first-order valence-corrected chi connectivity index (χ1v) is 9.82. The van der Waals surface area contributed by atoms with Crippen LogP contribution in [0.15, 0.2) is 29.3 Å². The quantitative estimate of drug-likeness (QED) is 0.520. The first kappa shape index (κ1) is 22.5. The average Bonchev–Trinajstić information content (AvgIpc) is 2.69. The molecule has 0 bridgehead atoms. The summed E-state index contributed by atoms with van der Waals surface area (Å²) in [6.45, 7) is 7.54. The molecule has 0 amide bonds. The van der Waals surface area contributed by atoms with Crippen molar-refractivity contribution in [2.75, 3.05) is 46.4 Å². The number of alkyl halides is 3. The van der Waals surface area contributed by atoms with Gasteiger partial charge in [-0.05, 0) is 56.5 Å². The van der Waals surface area contributed by atoms with Crippen LogP contribution in [0, 0.1) is 5.92 Å². The number of guanidine groups is 1. The second-order valence-electron chi connectivity index (χ2n) is 7.05. The van der Waals surface area contributed by atoms with E-state index in [1.54, 1.807) is 13.2 Å². The topological polar surface area (TPSA) is 48.9 Å². The first-order valence-electron chi connectivity index (χ1n) is 9.82. The molecule has 8 heteroatoms. The summed E-state index contributed by atoms with van der Waals surface area (Å²) in [6.07, 6.45) is -2.10. The van der Waals surface area contributed by atoms with Gasteiger partial charge in [0.15, 0.2) is 5.96 Å². The Morgan fingerprint density at radius 3 is 2.64 bits per heavy atom. The lowest BCUT2D eigenvalue weighted by molar-refractivity contribution is -0.137. The molecule has 0 aromatic heterocycles. The maximum Gasteiger partial charge on any atom is 0.416 e. The van der Waals surface area contributed by atoms with Crippen LogP contribution < -0.4 is 10.6 Å². The van der Waals surface area contributed by atoms with E-state index in [9.17, 15) is 13.2 Å². The van der Waals surface area contributed by atoms with Crippen LogP contribution in [0.2, 0.25) is 0 Å². The minimum atomic E-state index is -4.33. The highest BCUT2D eigenvalue weighted by atomic mass is 19.4. The monoisotopic (exact) mass is 400 g/mol. The lowest BCUT2D eigenvalue weighted by atomic mass is 9.97. The Hall–Kier alpha value is -1.80. The zero-order valence-corrected chi connectivity index (χ0v) is 16.7. The maximum absolute atomic E-state index is 12.8. The highest BCUT2D eigenvalue weighted by Gasteiger charge is 2.30. The molecule has 1 aromatic rings. The number of nitrogens with zero attached hydrogens (tertiary/aromatic N) is 2. The highest BCUT2D eigenvalue weighted by molar-refractivity contribution is 5.79. The molecule has 1 aromatic carbocycles. The van der Waals surface area contributed by atoms with Gasteiger partial charge in [-0.2, -0.15) is 13.2 Å². The van der Waals surface area contributed by atoms with Crippen LogP contribution >= 0.6 is 0 Å². The van der Waals surface area contributed by atoms with Crippen molar-refractivity contribution in [3.05, 3.63) is 35.4 Å². The summed E-state index contributed by atoms with van der Waals surface area (Å²) in [6, 6.07) is 5.32. The van der Waals surface area contributed by atoms with Crippen molar-refractivity contribution in [1.29, 1.82) is 0 Å². The predicted molar refractivity (Wildman–Crippen MR) is 105 cm³/mol. The molecule has 1 fully saturated rings. The van der Waals surface area contributed by atoms with E-state index in [2.05, 4.69) is 20.5 Å². The first-order chi connectivity index (χ1) is 13.4. The van der Waals surface area contributed by atoms with Gasteiger partial charge in [-0.1, -0.05) is 12.1 Å². The molecule has 2 N–H and O–H groups in total. The molecule has 1 saturated heterocycles. The van der Waals surface area contributed by atoms with Gasteiger partial charge < -0.3 is 20.3 Å². The zero-order chi connectivity index (χ0) is 20.4. The molecule has 1 aliphatic rings. The molecule has 0 spiro atoms. The molecule has 0 atom stereocenters. The van der Waals surface area contributed by atoms with Crippen LogP contribution in [0.3, 0.4) is 0 Å². The number of hydrogen-bond donors (Lipinski definition) is 2. The van der Waals surface area contributed by atoms with Crippen LogP contribution in [0.25, 0.3) is 0 Å². The van der Waals surface area contributed by atoms with Crippen LogP contribution in [0.1, 0.15) is 30.9 Å². The van der Waals surface area contributed by atoms with E-state index in [-0.39, 0.29) is 6.54 Å². The molecule has 0 saturated carbocycles. The van der Waals surface area contributed by atoms with Crippen molar-refractivity contribution >= 4 is 5.96 Å². The van der Waals surface area contributed by atoms with Crippen LogP contribution in [-0.2, 0) is 17.5 Å². The van der Waals surface area contributed by atoms with E-state index in [1.807, 2.05) is 6.92 Å². The van der Waals surface area contributed by atoms with Gasteiger partial charge in [0.1, 0.15) is 0 Å². The lowest BCUT2D eigenvalue weighted by Gasteiger charge is -2.32. The van der Waals surface area contributed by atoms with Gasteiger partial charge in [-0.15, -0.1) is 0 Å². The summed E-state index contributed by atoms with van der Waals surface area (Å²) in [5.74, 6) is 1.21. The molecule has 28 heavy (non-hydrogen) atoms. The van der Waals surface area contributed by atoms with Gasteiger partial charge in [0.25, 0.3) is 0 Å². The van der Waals surface area contributed by atoms with Gasteiger partial charge >= 0.3 is 6.18 Å². The van der Waals surface area contributed by atoms with E-state index in [4.69, 9.17) is 4.74 Å². The second-order valence-corrected chi connectivity index (χ2v) is 7.05. The van der Waals surface area contributed by atoms with Crippen molar-refractivity contribution in [3.8, 4) is 0 Å². The third-order valence-corrected chi connectivity index (χ3v) is 4.90. The lowest BCUT2D eigenvalue weighted by Crippen LogP contribution is -2.43. The highest BCUT2D eigenvalue weighted by Crippen LogP contribution is 2.29. The van der Waals surface area contributed by atoms with Crippen molar-refractivity contribution < 1.29 is 17.9 Å². The Balaban J connectivity index is 1.84. The fraction of sp³-hybridized carbons (Fsp3) is 0.650. The van der Waals surface area contributed by atoms with Crippen LogP contribution in [0.5, 0.6) is 0 Å². The number of piperidine rings is 1. The fourth-order valence-corrected chi connectivity index (χ4v) is 3.23. The number of ether oxygens (including phenoxy) is 1. The minimum absolute atomic E-state index is 0.203. The molecule has 2 rings (SSSR count). The molecular formula is C20H31F3N4O. The van der Waals surface area contributed by atoms with Crippen molar-refractivity contribution in [2.24, 2.45) is 10.9 Å². The van der Waals surface area contributed by atoms with E-state index in [0.29, 0.717) is 24.0 Å². The second kappa shape index (κ2) is 11.3. The number of benzene rings is 1. The summed E-state index contributed by atoms with van der Waals surface area (Å²) >= 11 is 0. The molecule has 0 unspecified atom stereocenters. The van der Waals surface area contributed by atoms with Crippen molar-refractivity contribution in [1.82, 2.24) is 15.5 Å². The van der Waals surface area contributed by atoms with E-state index in [1.165, 1.54) is 6.07 Å². The maximum atomic E-state index is 12.8. The summed E-state index contributed by atoms with van der Waals surface area (Å²) in [4.78, 5) is 6.86. The summed E-state index contributed by atoms with van der Waals surface area (Å²) in [5, 5.41) is 6.50. The third kappa shape index (κ3) is 7.67. The predicted octanol–water partition coefficient (Wildman–Crippen LogP) is 3.12. The summed E-state index contributed by atoms with van der Waals surface area (Å²) in [7, 11) is 1.72. The standard InChI is InChI=1S/C20H31F3N4O/c1-3-24-19(25-14-16-7-9-27(10-8-16)11-12-28-2)26-15-17-5-4-6-18(13-17)20(21,22)23/h4-6,13,16H,3,7-12,14-15H2,1-2H3,(H2,24,25,26). The van der Waals surface area contributed by atoms with E-state index >= 15 is 0 Å².